The van der Waals surface area contributed by atoms with E-state index in [0.29, 0.717) is 0 Å². The molecule has 0 saturated carbocycles. The number of nitrogens with zero attached hydrogens (tertiary/aromatic N) is 1. The summed E-state index contributed by atoms with van der Waals surface area (Å²) in [7, 11) is -2.58. The highest BCUT2D eigenvalue weighted by Gasteiger charge is 2.33. The lowest BCUT2D eigenvalue weighted by Gasteiger charge is -2.08. The Morgan fingerprint density at radius 1 is 1.50 bits per heavy atom. The molecule has 1 heterocycles. The Balaban J connectivity index is 3.76. The van der Waals surface area contributed by atoms with Crippen LogP contribution >= 0.6 is 0 Å². The van der Waals surface area contributed by atoms with Crippen molar-refractivity contribution in [2.45, 2.75) is 13.0 Å². The van der Waals surface area contributed by atoms with Crippen LogP contribution in [0.1, 0.15) is 18.2 Å². The highest BCUT2D eigenvalue weighted by Crippen LogP contribution is 2.26. The van der Waals surface area contributed by atoms with Crippen LogP contribution in [0, 0.1) is 6.85 Å². The van der Waals surface area contributed by atoms with Crippen LogP contribution in [0.3, 0.4) is 0 Å². The molecule has 1 rings (SSSR count). The van der Waals surface area contributed by atoms with Gasteiger partial charge in [-0.3, -0.25) is 0 Å². The summed E-state index contributed by atoms with van der Waals surface area (Å²) in [4.78, 5) is 2.77. The van der Waals surface area contributed by atoms with E-state index >= 15 is 0 Å². The van der Waals surface area contributed by atoms with E-state index in [0.717, 1.165) is 0 Å². The summed E-state index contributed by atoms with van der Waals surface area (Å²) in [6, 6.07) is -2.55. The smallest absolute Gasteiger partial charge is 0.423 e. The van der Waals surface area contributed by atoms with Crippen LogP contribution in [0.4, 0.5) is 13.2 Å². The third-order valence-electron chi connectivity index (χ3n) is 1.26. The lowest BCUT2D eigenvalue weighted by atomic mass is 9.80. The molecule has 0 atom stereocenters. The predicted molar refractivity (Wildman–Crippen MR) is 43.8 cm³/mol. The number of alkyl halides is 3. The second-order valence-corrected chi connectivity index (χ2v) is 2.34. The van der Waals surface area contributed by atoms with Crippen LogP contribution in [0.2, 0.25) is 0 Å². The number of rotatable bonds is 1. The number of aryl methyl sites for hydroxylation is 1. The number of aromatic nitrogens is 1. The Hall–Kier alpha value is -1.08. The van der Waals surface area contributed by atoms with Crippen molar-refractivity contribution in [3.8, 4) is 0 Å². The van der Waals surface area contributed by atoms with Crippen molar-refractivity contribution in [3.05, 3.63) is 23.5 Å². The Kier molecular flexibility index (Phi) is 1.46. The standard InChI is InChI=1S/C7H7BF3NO2/c1-4-2-5(8(13)14)3-6(12-4)7(9,10)11/h2-3,13-14H,1H3/i1D3,2D,3D. The average Bonchev–Trinajstić information content (AvgIpc) is 2.12. The fourth-order valence-electron chi connectivity index (χ4n) is 0.717. The summed E-state index contributed by atoms with van der Waals surface area (Å²) in [5.41, 5.74) is -4.26. The van der Waals surface area contributed by atoms with Crippen molar-refractivity contribution in [1.82, 2.24) is 4.98 Å². The summed E-state index contributed by atoms with van der Waals surface area (Å²) in [5.74, 6) is 0. The first-order chi connectivity index (χ1) is 8.37. The van der Waals surface area contributed by atoms with E-state index in [-0.39, 0.29) is 0 Å². The van der Waals surface area contributed by atoms with Gasteiger partial charge in [0, 0.05) is 9.81 Å². The van der Waals surface area contributed by atoms with Crippen molar-refractivity contribution in [2.75, 3.05) is 0 Å². The Bertz CT molecular complexity index is 467. The molecule has 0 saturated heterocycles. The van der Waals surface area contributed by atoms with Gasteiger partial charge in [0.25, 0.3) is 0 Å². The van der Waals surface area contributed by atoms with Gasteiger partial charge in [-0.15, -0.1) is 0 Å². The Morgan fingerprint density at radius 3 is 2.57 bits per heavy atom. The molecule has 3 nitrogen and oxygen atoms in total. The number of hydrogen-bond acceptors (Lipinski definition) is 3. The molecule has 0 aromatic carbocycles. The van der Waals surface area contributed by atoms with Gasteiger partial charge >= 0.3 is 13.3 Å². The van der Waals surface area contributed by atoms with E-state index in [1.54, 1.807) is 0 Å². The van der Waals surface area contributed by atoms with Gasteiger partial charge in [0.1, 0.15) is 5.69 Å². The molecule has 2 N–H and O–H groups in total. The summed E-state index contributed by atoms with van der Waals surface area (Å²) in [6.07, 6.45) is -5.14. The fraction of sp³-hybridized carbons (Fsp3) is 0.286. The predicted octanol–water partition coefficient (Wildman–Crippen LogP) is 0.0886. The van der Waals surface area contributed by atoms with Crippen molar-refractivity contribution in [2.24, 2.45) is 0 Å². The molecule has 1 aromatic rings. The minimum Gasteiger partial charge on any atom is -0.423 e. The summed E-state index contributed by atoms with van der Waals surface area (Å²) >= 11 is 0. The van der Waals surface area contributed by atoms with Crippen LogP contribution in [0.25, 0.3) is 0 Å². The first-order valence-corrected chi connectivity index (χ1v) is 3.32. The quantitative estimate of drug-likeness (QED) is 0.645. The van der Waals surface area contributed by atoms with E-state index in [1.807, 2.05) is 0 Å². The van der Waals surface area contributed by atoms with Gasteiger partial charge in [0.2, 0.25) is 0 Å². The minimum atomic E-state index is -5.14. The largest absolute Gasteiger partial charge is 0.488 e. The third-order valence-corrected chi connectivity index (χ3v) is 1.26. The zero-order valence-electron chi connectivity index (χ0n) is 11.6. The van der Waals surface area contributed by atoms with Crippen LogP contribution < -0.4 is 5.46 Å². The SMILES string of the molecule is [2H]c1c(C([2H])([2H])[2H])nc(C(F)(F)F)c([2H])c1B(O)O. The van der Waals surface area contributed by atoms with Crippen molar-refractivity contribution in [1.29, 1.82) is 0 Å². The lowest BCUT2D eigenvalue weighted by molar-refractivity contribution is -0.141. The van der Waals surface area contributed by atoms with Crippen molar-refractivity contribution >= 4 is 12.6 Å². The molecule has 0 aliphatic heterocycles. The molecular weight excluding hydrogens is 198 g/mol. The Morgan fingerprint density at radius 2 is 2.14 bits per heavy atom. The van der Waals surface area contributed by atoms with E-state index in [2.05, 4.69) is 4.98 Å². The van der Waals surface area contributed by atoms with Crippen LogP contribution in [0.5, 0.6) is 0 Å². The van der Waals surface area contributed by atoms with Gasteiger partial charge in [0.05, 0.1) is 2.74 Å². The molecule has 1 aromatic heterocycles. The molecule has 7 heteroatoms. The van der Waals surface area contributed by atoms with E-state index in [1.165, 1.54) is 0 Å². The maximum Gasteiger partial charge on any atom is 0.488 e. The van der Waals surface area contributed by atoms with Gasteiger partial charge in [-0.1, -0.05) is 0 Å². The maximum absolute atomic E-state index is 12.6. The summed E-state index contributed by atoms with van der Waals surface area (Å²) in [6.45, 7) is -3.14. The third kappa shape index (κ3) is 2.46. The van der Waals surface area contributed by atoms with Crippen LogP contribution in [-0.4, -0.2) is 22.2 Å². The first-order valence-electron chi connectivity index (χ1n) is 5.82. The van der Waals surface area contributed by atoms with Crippen molar-refractivity contribution < 1.29 is 30.1 Å². The molecule has 0 aliphatic carbocycles. The highest BCUT2D eigenvalue weighted by molar-refractivity contribution is 6.58. The zero-order valence-corrected chi connectivity index (χ0v) is 6.55. The normalized spacial score (nSPS) is 17.6. The van der Waals surface area contributed by atoms with Gasteiger partial charge in [-0.25, -0.2) is 4.98 Å². The fourth-order valence-corrected chi connectivity index (χ4v) is 0.717. The number of pyridine rings is 1. The summed E-state index contributed by atoms with van der Waals surface area (Å²) < 4.78 is 73.3. The van der Waals surface area contributed by atoms with E-state index in [4.69, 9.17) is 16.9 Å². The van der Waals surface area contributed by atoms with Gasteiger partial charge < -0.3 is 10.0 Å². The topological polar surface area (TPSA) is 53.4 Å². The first kappa shape index (κ1) is 5.72. The number of hydrogen-bond donors (Lipinski definition) is 2. The van der Waals surface area contributed by atoms with Gasteiger partial charge in [0.15, 0.2) is 0 Å². The second kappa shape index (κ2) is 3.59. The number of halogens is 3. The van der Waals surface area contributed by atoms with Crippen LogP contribution in [0.15, 0.2) is 12.1 Å². The van der Waals surface area contributed by atoms with E-state index < -0.39 is 49.1 Å². The minimum absolute atomic E-state index is 1.12. The van der Waals surface area contributed by atoms with Crippen LogP contribution in [-0.2, 0) is 6.18 Å². The Labute approximate surface area is 85.4 Å². The lowest BCUT2D eigenvalue weighted by Crippen LogP contribution is -2.31. The van der Waals surface area contributed by atoms with Gasteiger partial charge in [-0.05, 0) is 24.4 Å². The molecule has 76 valence electrons. The molecule has 0 unspecified atom stereocenters. The van der Waals surface area contributed by atoms with Crippen molar-refractivity contribution in [3.63, 3.8) is 0 Å². The molecule has 0 radical (unpaired) electrons. The van der Waals surface area contributed by atoms with E-state index in [9.17, 15) is 13.2 Å². The molecule has 0 fully saturated rings. The molecule has 0 bridgehead atoms. The monoisotopic (exact) mass is 210 g/mol. The molecular formula is C7H7BF3NO2. The summed E-state index contributed by atoms with van der Waals surface area (Å²) in [5, 5.41) is 17.8. The molecule has 0 aliphatic rings. The molecule has 14 heavy (non-hydrogen) atoms. The highest BCUT2D eigenvalue weighted by atomic mass is 19.4. The average molecular weight is 210 g/mol. The maximum atomic E-state index is 12.6. The molecule has 0 amide bonds. The second-order valence-electron chi connectivity index (χ2n) is 2.34. The zero-order chi connectivity index (χ0) is 15.2. The molecule has 0 spiro atoms. The van der Waals surface area contributed by atoms with Gasteiger partial charge in [-0.2, -0.15) is 13.2 Å².